The molecule has 0 N–H and O–H groups in total. The summed E-state index contributed by atoms with van der Waals surface area (Å²) in [4.78, 5) is 22.6. The number of imidazole rings is 1. The van der Waals surface area contributed by atoms with Gasteiger partial charge in [0.25, 0.3) is 0 Å². The zero-order valence-electron chi connectivity index (χ0n) is 19.0. The quantitative estimate of drug-likeness (QED) is 0.337. The molecule has 0 saturated heterocycles. The predicted octanol–water partition coefficient (Wildman–Crippen LogP) is 4.52. The highest BCUT2D eigenvalue weighted by atomic mass is 16.7. The number of benzene rings is 2. The van der Waals surface area contributed by atoms with Crippen molar-refractivity contribution in [3.63, 3.8) is 0 Å². The number of para-hydroxylation sites is 1. The summed E-state index contributed by atoms with van der Waals surface area (Å²) in [6.45, 7) is 2.72. The summed E-state index contributed by atoms with van der Waals surface area (Å²) in [6, 6.07) is 15.1. The maximum Gasteiger partial charge on any atom is 0.365 e. The molecule has 33 heavy (non-hydrogen) atoms. The first kappa shape index (κ1) is 21.0. The average Bonchev–Trinajstić information content (AvgIpc) is 3.38. The van der Waals surface area contributed by atoms with Crippen molar-refractivity contribution in [1.82, 2.24) is 14.1 Å². The van der Waals surface area contributed by atoms with E-state index in [1.54, 1.807) is 31.4 Å². The lowest BCUT2D eigenvalue weighted by Crippen LogP contribution is -2.28. The number of aromatic nitrogens is 3. The van der Waals surface area contributed by atoms with E-state index in [1.807, 2.05) is 31.5 Å². The van der Waals surface area contributed by atoms with E-state index in [-0.39, 0.29) is 5.92 Å². The molecule has 1 aliphatic carbocycles. The van der Waals surface area contributed by atoms with Crippen molar-refractivity contribution in [2.75, 3.05) is 7.11 Å². The number of nitrogens with zero attached hydrogens (tertiary/aromatic N) is 4. The van der Waals surface area contributed by atoms with Crippen LogP contribution in [0.1, 0.15) is 33.9 Å². The van der Waals surface area contributed by atoms with Gasteiger partial charge < -0.3 is 18.7 Å². The number of oxime groups is 1. The Labute approximate surface area is 192 Å². The number of methoxy groups -OCH3 is 1. The molecule has 0 fully saturated rings. The minimum absolute atomic E-state index is 0.0971. The Bertz CT molecular complexity index is 1350. The minimum Gasteiger partial charge on any atom is -0.497 e. The van der Waals surface area contributed by atoms with Crippen LogP contribution in [0.25, 0.3) is 10.9 Å². The van der Waals surface area contributed by atoms with Crippen LogP contribution in [0.4, 0.5) is 0 Å². The number of rotatable bonds is 5. The van der Waals surface area contributed by atoms with Crippen LogP contribution in [0.2, 0.25) is 0 Å². The first-order valence-corrected chi connectivity index (χ1v) is 11.0. The van der Waals surface area contributed by atoms with Crippen LogP contribution in [0.15, 0.2) is 66.1 Å². The van der Waals surface area contributed by atoms with E-state index in [2.05, 4.69) is 38.5 Å². The Kier molecular flexibility index (Phi) is 5.46. The Hall–Kier alpha value is -3.87. The molecule has 0 saturated carbocycles. The minimum atomic E-state index is -0.491. The summed E-state index contributed by atoms with van der Waals surface area (Å²) >= 11 is 0. The lowest BCUT2D eigenvalue weighted by atomic mass is 9.84. The third-order valence-electron chi connectivity index (χ3n) is 6.49. The first-order valence-electron chi connectivity index (χ1n) is 11.0. The fourth-order valence-electron chi connectivity index (χ4n) is 4.68. The van der Waals surface area contributed by atoms with Gasteiger partial charge in [0.2, 0.25) is 0 Å². The van der Waals surface area contributed by atoms with E-state index >= 15 is 0 Å². The van der Waals surface area contributed by atoms with Crippen LogP contribution in [0, 0.1) is 12.8 Å². The summed E-state index contributed by atoms with van der Waals surface area (Å²) in [6.07, 6.45) is 5.63. The predicted molar refractivity (Wildman–Crippen MR) is 127 cm³/mol. The van der Waals surface area contributed by atoms with Gasteiger partial charge in [-0.2, -0.15) is 0 Å². The largest absolute Gasteiger partial charge is 0.497 e. The average molecular weight is 443 g/mol. The molecule has 1 aliphatic rings. The highest BCUT2D eigenvalue weighted by Crippen LogP contribution is 2.35. The molecule has 7 heteroatoms. The van der Waals surface area contributed by atoms with Gasteiger partial charge in [-0.15, -0.1) is 0 Å². The van der Waals surface area contributed by atoms with E-state index in [0.29, 0.717) is 11.3 Å². The topological polar surface area (TPSA) is 70.6 Å². The van der Waals surface area contributed by atoms with Gasteiger partial charge in [-0.3, -0.25) is 0 Å². The highest BCUT2D eigenvalue weighted by molar-refractivity contribution is 6.14. The van der Waals surface area contributed by atoms with Gasteiger partial charge in [0, 0.05) is 54.1 Å². The number of carbonyl (C=O) groups excluding carboxylic acids is 1. The summed E-state index contributed by atoms with van der Waals surface area (Å²) in [5.41, 5.74) is 4.67. The summed E-state index contributed by atoms with van der Waals surface area (Å²) < 4.78 is 9.52. The third kappa shape index (κ3) is 3.80. The molecule has 1 atom stereocenters. The maximum absolute atomic E-state index is 12.8. The molecule has 0 aliphatic heterocycles. The van der Waals surface area contributed by atoms with Crippen molar-refractivity contribution in [3.8, 4) is 5.75 Å². The molecule has 2 heterocycles. The van der Waals surface area contributed by atoms with E-state index < -0.39 is 5.97 Å². The van der Waals surface area contributed by atoms with Crippen LogP contribution in [0.5, 0.6) is 5.75 Å². The van der Waals surface area contributed by atoms with E-state index in [0.717, 1.165) is 47.4 Å². The molecular formula is C26H26N4O3. The lowest BCUT2D eigenvalue weighted by Gasteiger charge is -2.25. The molecule has 5 rings (SSSR count). The third-order valence-corrected chi connectivity index (χ3v) is 6.49. The molecule has 7 nitrogen and oxygen atoms in total. The second-order valence-electron chi connectivity index (χ2n) is 8.34. The number of ether oxygens (including phenoxy) is 1. The summed E-state index contributed by atoms with van der Waals surface area (Å²) in [5, 5.41) is 5.61. The maximum atomic E-state index is 12.8. The molecular weight excluding hydrogens is 416 g/mol. The molecule has 0 spiro atoms. The van der Waals surface area contributed by atoms with Crippen molar-refractivity contribution in [1.29, 1.82) is 0 Å². The van der Waals surface area contributed by atoms with Gasteiger partial charge in [-0.05, 0) is 50.1 Å². The lowest BCUT2D eigenvalue weighted by molar-refractivity contribution is 0.0513. The van der Waals surface area contributed by atoms with Gasteiger partial charge in [-0.25, -0.2) is 9.78 Å². The van der Waals surface area contributed by atoms with E-state index in [1.165, 1.54) is 5.69 Å². The molecule has 0 bridgehead atoms. The zero-order valence-corrected chi connectivity index (χ0v) is 19.0. The van der Waals surface area contributed by atoms with E-state index in [4.69, 9.17) is 9.57 Å². The van der Waals surface area contributed by atoms with Gasteiger partial charge in [-0.1, -0.05) is 23.4 Å². The first-order chi connectivity index (χ1) is 16.1. The number of aryl methyl sites for hydroxylation is 2. The van der Waals surface area contributed by atoms with Crippen molar-refractivity contribution >= 4 is 22.6 Å². The van der Waals surface area contributed by atoms with Crippen molar-refractivity contribution in [3.05, 3.63) is 83.6 Å². The Morgan fingerprint density at radius 3 is 2.70 bits per heavy atom. The van der Waals surface area contributed by atoms with E-state index in [9.17, 15) is 4.79 Å². The second-order valence-corrected chi connectivity index (χ2v) is 8.34. The Morgan fingerprint density at radius 1 is 1.18 bits per heavy atom. The van der Waals surface area contributed by atoms with Gasteiger partial charge >= 0.3 is 5.97 Å². The Balaban J connectivity index is 1.54. The van der Waals surface area contributed by atoms with Crippen LogP contribution >= 0.6 is 0 Å². The van der Waals surface area contributed by atoms with Crippen LogP contribution in [-0.4, -0.2) is 32.9 Å². The second kappa shape index (κ2) is 8.58. The number of fused-ring (bicyclic) bond motifs is 3. The smallest absolute Gasteiger partial charge is 0.365 e. The van der Waals surface area contributed by atoms with Crippen molar-refractivity contribution in [2.45, 2.75) is 26.3 Å². The molecule has 2 aromatic carbocycles. The summed E-state index contributed by atoms with van der Waals surface area (Å²) in [7, 11) is 3.68. The fourth-order valence-corrected chi connectivity index (χ4v) is 4.68. The molecule has 168 valence electrons. The monoisotopic (exact) mass is 442 g/mol. The standard InChI is InChI=1S/C26H26N4O3/c1-17-27-14-15-30(17)16-19-10-13-23-24(21-6-4-5-7-22(21)29(23)2)25(19)28-33-26(31)18-8-11-20(32-3)12-9-18/h4-9,11-12,14-15,19H,10,13,16H2,1-3H3. The number of hydrogen-bond acceptors (Lipinski definition) is 5. The van der Waals surface area contributed by atoms with Crippen LogP contribution < -0.4 is 4.74 Å². The van der Waals surface area contributed by atoms with Crippen LogP contribution in [-0.2, 0) is 24.9 Å². The highest BCUT2D eigenvalue weighted by Gasteiger charge is 2.32. The Morgan fingerprint density at radius 2 is 1.97 bits per heavy atom. The molecule has 0 amide bonds. The summed E-state index contributed by atoms with van der Waals surface area (Å²) in [5.74, 6) is 1.24. The van der Waals surface area contributed by atoms with Crippen molar-refractivity contribution < 1.29 is 14.4 Å². The van der Waals surface area contributed by atoms with Gasteiger partial charge in [0.05, 0.1) is 18.4 Å². The molecule has 1 unspecified atom stereocenters. The van der Waals surface area contributed by atoms with Gasteiger partial charge in [0.15, 0.2) is 0 Å². The normalized spacial score (nSPS) is 16.7. The number of hydrogen-bond donors (Lipinski definition) is 0. The zero-order chi connectivity index (χ0) is 22.9. The molecule has 4 aromatic rings. The SMILES string of the molecule is COc1ccc(C(=O)ON=C2c3c(n(C)c4ccccc34)CCC2Cn2ccnc2C)cc1. The molecule has 0 radical (unpaired) electrons. The fraction of sp³-hybridized carbons (Fsp3) is 0.269. The number of carbonyl (C=O) groups is 1. The van der Waals surface area contributed by atoms with Crippen molar-refractivity contribution in [2.24, 2.45) is 18.1 Å². The van der Waals surface area contributed by atoms with Crippen LogP contribution in [0.3, 0.4) is 0 Å². The van der Waals surface area contributed by atoms with Gasteiger partial charge in [0.1, 0.15) is 11.6 Å². The molecule has 2 aromatic heterocycles.